The van der Waals surface area contributed by atoms with E-state index in [1.807, 2.05) is 0 Å². The lowest BCUT2D eigenvalue weighted by atomic mass is 9.84. The summed E-state index contributed by atoms with van der Waals surface area (Å²) >= 11 is 0. The Kier molecular flexibility index (Phi) is 1.08. The number of hydrogen-bond acceptors (Lipinski definition) is 1. The van der Waals surface area contributed by atoms with Crippen LogP contribution in [0, 0.1) is 17.8 Å². The van der Waals surface area contributed by atoms with Gasteiger partial charge in [-0.2, -0.15) is 0 Å². The van der Waals surface area contributed by atoms with Crippen molar-refractivity contribution in [2.75, 3.05) is 0 Å². The Labute approximate surface area is 60.8 Å². The molecule has 10 heavy (non-hydrogen) atoms. The molecule has 2 N–H and O–H groups in total. The van der Waals surface area contributed by atoms with Crippen molar-refractivity contribution in [1.29, 1.82) is 0 Å². The van der Waals surface area contributed by atoms with Crippen LogP contribution in [0.4, 0.5) is 0 Å². The van der Waals surface area contributed by atoms with E-state index in [0.29, 0.717) is 0 Å². The summed E-state index contributed by atoms with van der Waals surface area (Å²) < 4.78 is 0. The lowest BCUT2D eigenvalue weighted by Gasteiger charge is -2.20. The van der Waals surface area contributed by atoms with Gasteiger partial charge in [-0.25, -0.2) is 0 Å². The van der Waals surface area contributed by atoms with E-state index in [-0.39, 0.29) is 11.3 Å². The van der Waals surface area contributed by atoms with E-state index in [0.717, 1.165) is 25.2 Å². The maximum Gasteiger partial charge on any atom is 0.223 e. The molecule has 2 saturated carbocycles. The number of hydrogen-bond donors (Lipinski definition) is 1. The van der Waals surface area contributed by atoms with Crippen LogP contribution in [0.1, 0.15) is 25.7 Å². The van der Waals surface area contributed by atoms with Gasteiger partial charge in [0.15, 0.2) is 0 Å². The zero-order valence-electron chi connectivity index (χ0n) is 5.97. The number of amides is 1. The number of rotatable bonds is 1. The van der Waals surface area contributed by atoms with Crippen molar-refractivity contribution in [3.8, 4) is 0 Å². The fourth-order valence-corrected chi connectivity index (χ4v) is 2.28. The number of nitrogens with two attached hydrogens (primary N) is 1. The second-order valence-electron chi connectivity index (χ2n) is 3.57. The van der Waals surface area contributed by atoms with Gasteiger partial charge in [0.1, 0.15) is 0 Å². The molecule has 2 aliphatic rings. The molecular weight excluding hydrogens is 126 g/mol. The Hall–Kier alpha value is -0.530. The topological polar surface area (TPSA) is 43.1 Å². The van der Waals surface area contributed by atoms with E-state index in [2.05, 4.69) is 6.42 Å². The quantitative estimate of drug-likeness (QED) is 0.574. The Balaban J connectivity index is 2.23. The summed E-state index contributed by atoms with van der Waals surface area (Å²) in [4.78, 5) is 11.0. The van der Waals surface area contributed by atoms with Crippen LogP contribution in [0.2, 0.25) is 0 Å². The first-order valence-electron chi connectivity index (χ1n) is 3.87. The second-order valence-corrected chi connectivity index (χ2v) is 3.57. The highest BCUT2D eigenvalue weighted by atomic mass is 16.1. The normalized spacial score (nSPS) is 44.2. The molecule has 1 amide bonds. The molecule has 2 aliphatic carbocycles. The molecule has 0 unspecified atom stereocenters. The van der Waals surface area contributed by atoms with E-state index < -0.39 is 0 Å². The first-order chi connectivity index (χ1) is 4.73. The van der Waals surface area contributed by atoms with Gasteiger partial charge in [0.2, 0.25) is 5.91 Å². The fraction of sp³-hybridized carbons (Fsp3) is 0.750. The minimum absolute atomic E-state index is 0.104. The molecule has 1 radical (unpaired) electrons. The van der Waals surface area contributed by atoms with E-state index in [1.54, 1.807) is 0 Å². The molecule has 0 aromatic rings. The monoisotopic (exact) mass is 138 g/mol. The Morgan fingerprint density at radius 1 is 1.70 bits per heavy atom. The highest BCUT2D eigenvalue weighted by Gasteiger charge is 2.48. The average Bonchev–Trinajstić information content (AvgIpc) is 2.45. The summed E-state index contributed by atoms with van der Waals surface area (Å²) in [7, 11) is 0. The molecule has 2 heteroatoms. The highest BCUT2D eigenvalue weighted by Crippen LogP contribution is 2.52. The summed E-state index contributed by atoms with van der Waals surface area (Å²) in [6.07, 6.45) is 6.49. The maximum absolute atomic E-state index is 11.0. The van der Waals surface area contributed by atoms with Gasteiger partial charge in [0.05, 0.1) is 5.41 Å². The van der Waals surface area contributed by atoms with Crippen LogP contribution >= 0.6 is 0 Å². The van der Waals surface area contributed by atoms with Gasteiger partial charge >= 0.3 is 0 Å². The van der Waals surface area contributed by atoms with E-state index in [1.165, 1.54) is 6.42 Å². The van der Waals surface area contributed by atoms with Crippen molar-refractivity contribution in [2.45, 2.75) is 25.7 Å². The molecule has 2 rings (SSSR count). The summed E-state index contributed by atoms with van der Waals surface area (Å²) in [5, 5.41) is 0. The largest absolute Gasteiger partial charge is 0.369 e. The Morgan fingerprint density at radius 3 is 2.70 bits per heavy atom. The van der Waals surface area contributed by atoms with Gasteiger partial charge in [0.25, 0.3) is 0 Å². The summed E-state index contributed by atoms with van der Waals surface area (Å²) in [6, 6.07) is 0. The molecule has 0 saturated heterocycles. The van der Waals surface area contributed by atoms with Crippen molar-refractivity contribution in [3.05, 3.63) is 6.42 Å². The summed E-state index contributed by atoms with van der Waals surface area (Å²) in [5.74, 6) is 0.667. The molecule has 0 spiro atoms. The zero-order chi connectivity index (χ0) is 7.19. The number of primary amides is 1. The third kappa shape index (κ3) is 0.619. The van der Waals surface area contributed by atoms with Crippen molar-refractivity contribution in [1.82, 2.24) is 0 Å². The molecule has 2 atom stereocenters. The van der Waals surface area contributed by atoms with Crippen LogP contribution in [0.25, 0.3) is 0 Å². The molecule has 0 aromatic carbocycles. The molecule has 2 bridgehead atoms. The highest BCUT2D eigenvalue weighted by molar-refractivity contribution is 5.83. The van der Waals surface area contributed by atoms with Gasteiger partial charge in [-0.3, -0.25) is 4.79 Å². The SMILES string of the molecule is NC(=O)[C@@]12[CH]C[C@H](CC1)C2. The lowest BCUT2D eigenvalue weighted by Crippen LogP contribution is -2.33. The van der Waals surface area contributed by atoms with Crippen molar-refractivity contribution >= 4 is 5.91 Å². The van der Waals surface area contributed by atoms with Crippen LogP contribution in [0.15, 0.2) is 0 Å². The van der Waals surface area contributed by atoms with E-state index in [9.17, 15) is 4.79 Å². The summed E-state index contributed by atoms with van der Waals surface area (Å²) in [6.45, 7) is 0. The van der Waals surface area contributed by atoms with Crippen LogP contribution in [-0.2, 0) is 4.79 Å². The Bertz CT molecular complexity index is 168. The second kappa shape index (κ2) is 1.74. The third-order valence-electron chi connectivity index (χ3n) is 2.98. The molecule has 0 heterocycles. The smallest absolute Gasteiger partial charge is 0.223 e. The van der Waals surface area contributed by atoms with E-state index >= 15 is 0 Å². The minimum Gasteiger partial charge on any atom is -0.369 e. The van der Waals surface area contributed by atoms with Crippen LogP contribution in [0.3, 0.4) is 0 Å². The molecule has 0 aliphatic heterocycles. The molecule has 2 fully saturated rings. The maximum atomic E-state index is 11.0. The van der Waals surface area contributed by atoms with Gasteiger partial charge in [-0.05, 0) is 38.0 Å². The third-order valence-corrected chi connectivity index (χ3v) is 2.98. The number of carbonyl (C=O) groups is 1. The van der Waals surface area contributed by atoms with Gasteiger partial charge in [-0.15, -0.1) is 0 Å². The minimum atomic E-state index is -0.176. The van der Waals surface area contributed by atoms with E-state index in [4.69, 9.17) is 5.73 Å². The average molecular weight is 138 g/mol. The molecule has 2 nitrogen and oxygen atoms in total. The first kappa shape index (κ1) is 6.20. The van der Waals surface area contributed by atoms with Gasteiger partial charge in [0, 0.05) is 0 Å². The fourth-order valence-electron chi connectivity index (χ4n) is 2.28. The number of fused-ring (bicyclic) bond motifs is 2. The first-order valence-corrected chi connectivity index (χ1v) is 3.87. The number of carbonyl (C=O) groups excluding carboxylic acids is 1. The Morgan fingerprint density at radius 2 is 2.50 bits per heavy atom. The molecule has 0 aromatic heterocycles. The van der Waals surface area contributed by atoms with Gasteiger partial charge < -0.3 is 5.73 Å². The van der Waals surface area contributed by atoms with Crippen molar-refractivity contribution in [3.63, 3.8) is 0 Å². The van der Waals surface area contributed by atoms with Crippen molar-refractivity contribution < 1.29 is 4.79 Å². The summed E-state index contributed by atoms with van der Waals surface area (Å²) in [5.41, 5.74) is 5.12. The molecule has 55 valence electrons. The van der Waals surface area contributed by atoms with Crippen LogP contribution < -0.4 is 5.73 Å². The van der Waals surface area contributed by atoms with Crippen LogP contribution in [-0.4, -0.2) is 5.91 Å². The van der Waals surface area contributed by atoms with Crippen LogP contribution in [0.5, 0.6) is 0 Å². The standard InChI is InChI=1S/C8H12NO/c9-7(10)8-3-1-6(5-8)2-4-8/h3,6H,1-2,4-5H2,(H2,9,10)/t6-,8+/m1/s1. The molecular formula is C8H12NO. The van der Waals surface area contributed by atoms with Crippen molar-refractivity contribution in [2.24, 2.45) is 17.1 Å². The zero-order valence-corrected chi connectivity index (χ0v) is 5.97. The van der Waals surface area contributed by atoms with Gasteiger partial charge in [-0.1, -0.05) is 0 Å². The predicted octanol–water partition coefficient (Wildman–Crippen LogP) is 0.866. The lowest BCUT2D eigenvalue weighted by molar-refractivity contribution is -0.125. The predicted molar refractivity (Wildman–Crippen MR) is 37.9 cm³/mol.